The summed E-state index contributed by atoms with van der Waals surface area (Å²) in [5.74, 6) is -2.94. The van der Waals surface area contributed by atoms with Crippen molar-refractivity contribution in [3.8, 4) is 0 Å². The molecule has 2 atom stereocenters. The molecule has 8 nitrogen and oxygen atoms in total. The number of nitrogens with two attached hydrogens (primary N) is 1. The van der Waals surface area contributed by atoms with Crippen LogP contribution in [0, 0.1) is 15.9 Å². The van der Waals surface area contributed by atoms with E-state index in [1.54, 1.807) is 0 Å². The molecule has 0 heterocycles. The summed E-state index contributed by atoms with van der Waals surface area (Å²) in [5, 5.41) is 37.5. The van der Waals surface area contributed by atoms with Gasteiger partial charge in [0.25, 0.3) is 5.69 Å². The van der Waals surface area contributed by atoms with E-state index in [2.05, 4.69) is 0 Å². The first-order valence-corrected chi connectivity index (χ1v) is 4.58. The van der Waals surface area contributed by atoms with Gasteiger partial charge in [0, 0.05) is 17.7 Å². The molecule has 0 aliphatic carbocycles. The van der Waals surface area contributed by atoms with Crippen LogP contribution in [0.1, 0.15) is 11.7 Å². The molecule has 1 aromatic rings. The van der Waals surface area contributed by atoms with Crippen molar-refractivity contribution in [3.63, 3.8) is 0 Å². The third-order valence-electron chi connectivity index (χ3n) is 2.21. The highest BCUT2D eigenvalue weighted by molar-refractivity contribution is 5.73. The highest BCUT2D eigenvalue weighted by Gasteiger charge is 2.29. The summed E-state index contributed by atoms with van der Waals surface area (Å²) in [6, 6.07) is 1.16. The molecule has 0 spiro atoms. The van der Waals surface area contributed by atoms with Crippen LogP contribution in [0.15, 0.2) is 12.1 Å². The number of anilines is 1. The SMILES string of the molecule is Nc1cc(F)c(C(O)C(O)C(=O)O)cc1[N+](=O)[O-]. The van der Waals surface area contributed by atoms with Gasteiger partial charge >= 0.3 is 5.97 Å². The Labute approximate surface area is 99.2 Å². The van der Waals surface area contributed by atoms with Crippen LogP contribution in [0.4, 0.5) is 15.8 Å². The maximum absolute atomic E-state index is 13.4. The Morgan fingerprint density at radius 1 is 1.44 bits per heavy atom. The van der Waals surface area contributed by atoms with E-state index >= 15 is 0 Å². The van der Waals surface area contributed by atoms with E-state index in [4.69, 9.17) is 15.9 Å². The normalized spacial score (nSPS) is 13.9. The zero-order valence-electron chi connectivity index (χ0n) is 8.78. The van der Waals surface area contributed by atoms with Crippen molar-refractivity contribution < 1.29 is 29.4 Å². The Bertz CT molecular complexity index is 506. The number of nitro groups is 1. The third-order valence-corrected chi connectivity index (χ3v) is 2.21. The molecular weight excluding hydrogens is 251 g/mol. The fourth-order valence-corrected chi connectivity index (χ4v) is 1.28. The van der Waals surface area contributed by atoms with E-state index in [9.17, 15) is 24.4 Å². The summed E-state index contributed by atoms with van der Waals surface area (Å²) in [6.07, 6.45) is -4.44. The molecule has 0 radical (unpaired) electrons. The van der Waals surface area contributed by atoms with E-state index in [0.717, 1.165) is 0 Å². The molecule has 5 N–H and O–H groups in total. The molecule has 0 saturated carbocycles. The zero-order chi connectivity index (χ0) is 14.0. The van der Waals surface area contributed by atoms with E-state index in [1.165, 1.54) is 0 Å². The van der Waals surface area contributed by atoms with Crippen LogP contribution < -0.4 is 5.73 Å². The van der Waals surface area contributed by atoms with Gasteiger partial charge in [-0.15, -0.1) is 0 Å². The van der Waals surface area contributed by atoms with Gasteiger partial charge in [-0.2, -0.15) is 0 Å². The number of benzene rings is 1. The van der Waals surface area contributed by atoms with Crippen molar-refractivity contribution in [2.24, 2.45) is 0 Å². The molecule has 1 aromatic carbocycles. The van der Waals surface area contributed by atoms with Crippen LogP contribution in [-0.4, -0.2) is 32.3 Å². The van der Waals surface area contributed by atoms with E-state index in [0.29, 0.717) is 12.1 Å². The fourth-order valence-electron chi connectivity index (χ4n) is 1.28. The van der Waals surface area contributed by atoms with E-state index < -0.39 is 45.9 Å². The zero-order valence-corrected chi connectivity index (χ0v) is 8.78. The largest absolute Gasteiger partial charge is 0.479 e. The van der Waals surface area contributed by atoms with Crippen molar-refractivity contribution in [2.45, 2.75) is 12.2 Å². The quantitative estimate of drug-likeness (QED) is 0.332. The Morgan fingerprint density at radius 2 is 2.00 bits per heavy atom. The molecule has 9 heteroatoms. The lowest BCUT2D eigenvalue weighted by atomic mass is 10.0. The summed E-state index contributed by atoms with van der Waals surface area (Å²) in [4.78, 5) is 20.1. The van der Waals surface area contributed by atoms with Gasteiger partial charge < -0.3 is 21.1 Å². The summed E-state index contributed by atoms with van der Waals surface area (Å²) < 4.78 is 13.4. The van der Waals surface area contributed by atoms with Crippen molar-refractivity contribution in [1.29, 1.82) is 0 Å². The summed E-state index contributed by atoms with van der Waals surface area (Å²) in [7, 11) is 0. The number of nitro benzene ring substituents is 1. The number of aliphatic hydroxyl groups excluding tert-OH is 2. The molecule has 0 aromatic heterocycles. The number of carboxylic acid groups (broad SMARTS) is 1. The van der Waals surface area contributed by atoms with Crippen molar-refractivity contribution in [2.75, 3.05) is 5.73 Å². The third kappa shape index (κ3) is 2.52. The fraction of sp³-hybridized carbons (Fsp3) is 0.222. The highest BCUT2D eigenvalue weighted by atomic mass is 19.1. The number of halogens is 1. The first-order valence-electron chi connectivity index (χ1n) is 4.58. The second-order valence-electron chi connectivity index (χ2n) is 3.42. The summed E-state index contributed by atoms with van der Waals surface area (Å²) in [5.41, 5.74) is 3.30. The molecule has 1 rings (SSSR count). The molecule has 98 valence electrons. The molecular formula is C9H9FN2O6. The van der Waals surface area contributed by atoms with Gasteiger partial charge in [0.15, 0.2) is 6.10 Å². The molecule has 0 fully saturated rings. The molecule has 0 bridgehead atoms. The molecule has 0 aliphatic heterocycles. The number of rotatable bonds is 4. The lowest BCUT2D eigenvalue weighted by molar-refractivity contribution is -0.384. The van der Waals surface area contributed by atoms with Crippen LogP contribution in [0.5, 0.6) is 0 Å². The number of hydrogen-bond donors (Lipinski definition) is 4. The number of carboxylic acids is 1. The number of aliphatic carboxylic acids is 1. The predicted molar refractivity (Wildman–Crippen MR) is 56.1 cm³/mol. The Hall–Kier alpha value is -2.26. The first kappa shape index (κ1) is 13.8. The van der Waals surface area contributed by atoms with Crippen LogP contribution >= 0.6 is 0 Å². The average Bonchev–Trinajstić information content (AvgIpc) is 2.26. The van der Waals surface area contributed by atoms with Crippen molar-refractivity contribution in [1.82, 2.24) is 0 Å². The Balaban J connectivity index is 3.28. The van der Waals surface area contributed by atoms with Gasteiger partial charge in [-0.1, -0.05) is 0 Å². The number of nitrogens with zero attached hydrogens (tertiary/aromatic N) is 1. The van der Waals surface area contributed by atoms with E-state index in [-0.39, 0.29) is 0 Å². The number of nitrogen functional groups attached to an aromatic ring is 1. The van der Waals surface area contributed by atoms with Gasteiger partial charge in [0.05, 0.1) is 4.92 Å². The Kier molecular flexibility index (Phi) is 3.79. The minimum absolute atomic E-state index is 0.474. The second kappa shape index (κ2) is 4.94. The van der Waals surface area contributed by atoms with Gasteiger partial charge in [-0.3, -0.25) is 10.1 Å². The number of aliphatic hydroxyl groups is 2. The van der Waals surface area contributed by atoms with Crippen LogP contribution in [0.2, 0.25) is 0 Å². The molecule has 0 saturated heterocycles. The standard InChI is InChI=1S/C9H9FN2O6/c10-4-2-5(11)6(12(17)18)1-3(4)7(13)8(14)9(15)16/h1-2,7-8,13-14H,11H2,(H,15,16). The average molecular weight is 260 g/mol. The number of hydrogen-bond acceptors (Lipinski definition) is 6. The predicted octanol–water partition coefficient (Wildman–Crippen LogP) is -0.205. The Morgan fingerprint density at radius 3 is 2.44 bits per heavy atom. The van der Waals surface area contributed by atoms with Crippen LogP contribution in [0.25, 0.3) is 0 Å². The molecule has 18 heavy (non-hydrogen) atoms. The smallest absolute Gasteiger partial charge is 0.335 e. The van der Waals surface area contributed by atoms with Crippen molar-refractivity contribution >= 4 is 17.3 Å². The highest BCUT2D eigenvalue weighted by Crippen LogP contribution is 2.29. The monoisotopic (exact) mass is 260 g/mol. The van der Waals surface area contributed by atoms with Gasteiger partial charge in [-0.05, 0) is 0 Å². The van der Waals surface area contributed by atoms with Crippen LogP contribution in [-0.2, 0) is 4.79 Å². The van der Waals surface area contributed by atoms with Gasteiger partial charge in [0.1, 0.15) is 17.6 Å². The maximum atomic E-state index is 13.4. The van der Waals surface area contributed by atoms with Gasteiger partial charge in [-0.25, -0.2) is 9.18 Å². The molecule has 0 aliphatic rings. The molecule has 2 unspecified atom stereocenters. The number of carbonyl (C=O) groups is 1. The second-order valence-corrected chi connectivity index (χ2v) is 3.42. The molecule has 0 amide bonds. The van der Waals surface area contributed by atoms with E-state index in [1.807, 2.05) is 0 Å². The van der Waals surface area contributed by atoms with Gasteiger partial charge in [0.2, 0.25) is 0 Å². The van der Waals surface area contributed by atoms with Crippen molar-refractivity contribution in [3.05, 3.63) is 33.6 Å². The maximum Gasteiger partial charge on any atom is 0.335 e. The lowest BCUT2D eigenvalue weighted by Gasteiger charge is -2.15. The topological polar surface area (TPSA) is 147 Å². The summed E-state index contributed by atoms with van der Waals surface area (Å²) in [6.45, 7) is 0. The minimum atomic E-state index is -2.30. The lowest BCUT2D eigenvalue weighted by Crippen LogP contribution is -2.28. The van der Waals surface area contributed by atoms with Crippen LogP contribution in [0.3, 0.4) is 0 Å². The summed E-state index contributed by atoms with van der Waals surface area (Å²) >= 11 is 0. The minimum Gasteiger partial charge on any atom is -0.479 e. The first-order chi connectivity index (χ1) is 8.25.